The lowest BCUT2D eigenvalue weighted by Crippen LogP contribution is -2.41. The fourth-order valence-corrected chi connectivity index (χ4v) is 2.30. The average Bonchev–Trinajstić information content (AvgIpc) is 2.32. The summed E-state index contributed by atoms with van der Waals surface area (Å²) in [6.07, 6.45) is 3.86. The minimum absolute atomic E-state index is 0.127. The van der Waals surface area contributed by atoms with Gasteiger partial charge in [0.1, 0.15) is 5.56 Å². The summed E-state index contributed by atoms with van der Waals surface area (Å²) in [6, 6.07) is 3.35. The van der Waals surface area contributed by atoms with Gasteiger partial charge in [0.05, 0.1) is 0 Å². The van der Waals surface area contributed by atoms with Crippen LogP contribution in [0.25, 0.3) is 0 Å². The van der Waals surface area contributed by atoms with E-state index in [1.165, 1.54) is 4.57 Å². The maximum atomic E-state index is 12.2. The summed E-state index contributed by atoms with van der Waals surface area (Å²) < 4.78 is 1.45. The lowest BCUT2D eigenvalue weighted by Gasteiger charge is -2.30. The highest BCUT2D eigenvalue weighted by Crippen LogP contribution is 2.16. The molecule has 1 unspecified atom stereocenters. The van der Waals surface area contributed by atoms with Gasteiger partial charge in [0.25, 0.3) is 11.5 Å². The van der Waals surface area contributed by atoms with Crippen LogP contribution in [0, 0.1) is 5.92 Å². The summed E-state index contributed by atoms with van der Waals surface area (Å²) >= 11 is 0. The van der Waals surface area contributed by atoms with Gasteiger partial charge in [-0.1, -0.05) is 6.92 Å². The highest BCUT2D eigenvalue weighted by atomic mass is 16.2. The molecule has 1 fully saturated rings. The molecular weight excluding hydrogens is 216 g/mol. The number of aryl methyl sites for hydroxylation is 1. The number of aromatic nitrogens is 1. The minimum Gasteiger partial charge on any atom is -0.338 e. The summed E-state index contributed by atoms with van der Waals surface area (Å²) in [4.78, 5) is 25.9. The predicted molar refractivity (Wildman–Crippen MR) is 66.0 cm³/mol. The summed E-state index contributed by atoms with van der Waals surface area (Å²) in [5.41, 5.74) is 0.0693. The van der Waals surface area contributed by atoms with Gasteiger partial charge in [0.2, 0.25) is 0 Å². The van der Waals surface area contributed by atoms with E-state index in [0.29, 0.717) is 5.92 Å². The Bertz CT molecular complexity index is 479. The zero-order chi connectivity index (χ0) is 12.4. The van der Waals surface area contributed by atoms with Crippen molar-refractivity contribution >= 4 is 5.91 Å². The van der Waals surface area contributed by atoms with Gasteiger partial charge in [-0.2, -0.15) is 0 Å². The number of carbonyl (C=O) groups is 1. The number of hydrogen-bond acceptors (Lipinski definition) is 2. The Morgan fingerprint density at radius 2 is 2.24 bits per heavy atom. The molecule has 0 spiro atoms. The van der Waals surface area contributed by atoms with Crippen molar-refractivity contribution in [3.63, 3.8) is 0 Å². The summed E-state index contributed by atoms with van der Waals surface area (Å²) in [5.74, 6) is 0.401. The van der Waals surface area contributed by atoms with Gasteiger partial charge in [-0.15, -0.1) is 0 Å². The monoisotopic (exact) mass is 234 g/mol. The standard InChI is InChI=1S/C13H18N2O2/c1-10-5-3-8-15(9-10)13(17)11-6-4-7-14(2)12(11)16/h4,6-7,10H,3,5,8-9H2,1-2H3. The smallest absolute Gasteiger partial charge is 0.263 e. The van der Waals surface area contributed by atoms with Gasteiger partial charge in [-0.05, 0) is 30.9 Å². The lowest BCUT2D eigenvalue weighted by molar-refractivity contribution is 0.0680. The first-order chi connectivity index (χ1) is 8.09. The zero-order valence-corrected chi connectivity index (χ0v) is 10.3. The lowest BCUT2D eigenvalue weighted by atomic mass is 10.00. The van der Waals surface area contributed by atoms with Crippen LogP contribution >= 0.6 is 0 Å². The van der Waals surface area contributed by atoms with E-state index in [1.54, 1.807) is 30.3 Å². The molecule has 0 aliphatic carbocycles. The molecule has 0 N–H and O–H groups in total. The van der Waals surface area contributed by atoms with Crippen molar-refractivity contribution in [2.24, 2.45) is 13.0 Å². The molecule has 1 aliphatic heterocycles. The Morgan fingerprint density at radius 3 is 2.94 bits per heavy atom. The molecule has 2 heterocycles. The van der Waals surface area contributed by atoms with Crippen LogP contribution in [0.1, 0.15) is 30.1 Å². The minimum atomic E-state index is -0.212. The van der Waals surface area contributed by atoms with E-state index in [0.717, 1.165) is 25.9 Å². The molecule has 0 aromatic carbocycles. The van der Waals surface area contributed by atoms with Crippen LogP contribution < -0.4 is 5.56 Å². The normalized spacial score (nSPS) is 20.4. The maximum absolute atomic E-state index is 12.2. The van der Waals surface area contributed by atoms with Crippen LogP contribution in [0.5, 0.6) is 0 Å². The second-order valence-corrected chi connectivity index (χ2v) is 4.84. The Kier molecular flexibility index (Phi) is 3.31. The molecule has 1 aromatic heterocycles. The van der Waals surface area contributed by atoms with Gasteiger partial charge >= 0.3 is 0 Å². The highest BCUT2D eigenvalue weighted by molar-refractivity contribution is 5.93. The van der Waals surface area contributed by atoms with Gasteiger partial charge in [-0.3, -0.25) is 9.59 Å². The summed E-state index contributed by atoms with van der Waals surface area (Å²) in [5, 5.41) is 0. The molecule has 0 radical (unpaired) electrons. The molecule has 92 valence electrons. The Balaban J connectivity index is 2.25. The molecule has 1 amide bonds. The first-order valence-electron chi connectivity index (χ1n) is 6.04. The third-order valence-electron chi connectivity index (χ3n) is 3.30. The van der Waals surface area contributed by atoms with Gasteiger partial charge < -0.3 is 9.47 Å². The Labute approximate surface area is 101 Å². The van der Waals surface area contributed by atoms with E-state index in [-0.39, 0.29) is 17.0 Å². The third-order valence-corrected chi connectivity index (χ3v) is 3.30. The first-order valence-corrected chi connectivity index (χ1v) is 6.04. The van der Waals surface area contributed by atoms with E-state index in [1.807, 2.05) is 0 Å². The van der Waals surface area contributed by atoms with Gasteiger partial charge in [-0.25, -0.2) is 0 Å². The van der Waals surface area contributed by atoms with E-state index in [2.05, 4.69) is 6.92 Å². The number of likely N-dealkylation sites (tertiary alicyclic amines) is 1. The van der Waals surface area contributed by atoms with Crippen molar-refractivity contribution in [1.82, 2.24) is 9.47 Å². The molecule has 0 saturated carbocycles. The highest BCUT2D eigenvalue weighted by Gasteiger charge is 2.23. The predicted octanol–water partition coefficient (Wildman–Crippen LogP) is 1.26. The second kappa shape index (κ2) is 4.73. The molecule has 17 heavy (non-hydrogen) atoms. The third kappa shape index (κ3) is 2.40. The topological polar surface area (TPSA) is 42.3 Å². The van der Waals surface area contributed by atoms with E-state index in [4.69, 9.17) is 0 Å². The van der Waals surface area contributed by atoms with Crippen LogP contribution in [0.3, 0.4) is 0 Å². The quantitative estimate of drug-likeness (QED) is 0.734. The molecule has 2 rings (SSSR count). The zero-order valence-electron chi connectivity index (χ0n) is 10.3. The molecule has 1 saturated heterocycles. The second-order valence-electron chi connectivity index (χ2n) is 4.84. The molecule has 1 aromatic rings. The van der Waals surface area contributed by atoms with Crippen molar-refractivity contribution in [2.75, 3.05) is 13.1 Å². The number of rotatable bonds is 1. The molecule has 0 bridgehead atoms. The number of carbonyl (C=O) groups excluding carboxylic acids is 1. The Hall–Kier alpha value is -1.58. The van der Waals surface area contributed by atoms with E-state index in [9.17, 15) is 9.59 Å². The molecule has 4 heteroatoms. The van der Waals surface area contributed by atoms with Crippen molar-refractivity contribution in [2.45, 2.75) is 19.8 Å². The van der Waals surface area contributed by atoms with Gasteiger partial charge in [0.15, 0.2) is 0 Å². The Morgan fingerprint density at radius 1 is 1.47 bits per heavy atom. The fourth-order valence-electron chi connectivity index (χ4n) is 2.30. The van der Waals surface area contributed by atoms with Crippen LogP contribution in [-0.2, 0) is 7.05 Å². The number of hydrogen-bond donors (Lipinski definition) is 0. The number of pyridine rings is 1. The van der Waals surface area contributed by atoms with Crippen molar-refractivity contribution < 1.29 is 4.79 Å². The number of nitrogens with zero attached hydrogens (tertiary/aromatic N) is 2. The van der Waals surface area contributed by atoms with E-state index < -0.39 is 0 Å². The van der Waals surface area contributed by atoms with Crippen LogP contribution in [0.15, 0.2) is 23.1 Å². The summed E-state index contributed by atoms with van der Waals surface area (Å²) in [7, 11) is 1.66. The number of amides is 1. The summed E-state index contributed by atoms with van der Waals surface area (Å²) in [6.45, 7) is 3.67. The van der Waals surface area contributed by atoms with Crippen molar-refractivity contribution in [3.05, 3.63) is 34.2 Å². The van der Waals surface area contributed by atoms with E-state index >= 15 is 0 Å². The van der Waals surface area contributed by atoms with Crippen LogP contribution in [0.2, 0.25) is 0 Å². The largest absolute Gasteiger partial charge is 0.338 e. The molecule has 4 nitrogen and oxygen atoms in total. The van der Waals surface area contributed by atoms with Crippen molar-refractivity contribution in [1.29, 1.82) is 0 Å². The SMILES string of the molecule is CC1CCCN(C(=O)c2cccn(C)c2=O)C1. The van der Waals surface area contributed by atoms with Crippen LogP contribution in [0.4, 0.5) is 0 Å². The van der Waals surface area contributed by atoms with Crippen LogP contribution in [-0.4, -0.2) is 28.5 Å². The number of piperidine rings is 1. The van der Waals surface area contributed by atoms with Crippen molar-refractivity contribution in [3.8, 4) is 0 Å². The maximum Gasteiger partial charge on any atom is 0.263 e. The first kappa shape index (κ1) is 11.9. The molecule has 1 aliphatic rings. The fraction of sp³-hybridized carbons (Fsp3) is 0.538. The van der Waals surface area contributed by atoms with Gasteiger partial charge in [0, 0.05) is 26.3 Å². The molecular formula is C13H18N2O2. The molecule has 1 atom stereocenters. The average molecular weight is 234 g/mol.